The number of amides is 1. The van der Waals surface area contributed by atoms with Crippen molar-refractivity contribution in [2.45, 2.75) is 19.3 Å². The molecule has 0 radical (unpaired) electrons. The number of halogens is 1. The predicted octanol–water partition coefficient (Wildman–Crippen LogP) is 3.79. The molecule has 1 amide bonds. The van der Waals surface area contributed by atoms with Crippen LogP contribution in [0, 0.1) is 0 Å². The highest BCUT2D eigenvalue weighted by Gasteiger charge is 2.28. The van der Waals surface area contributed by atoms with Crippen LogP contribution in [0.2, 0.25) is 0 Å². The monoisotopic (exact) mass is 452 g/mol. The number of sulfonamides is 1. The molecule has 1 saturated heterocycles. The lowest BCUT2D eigenvalue weighted by Gasteiger charge is -2.17. The molecule has 1 aliphatic heterocycles. The van der Waals surface area contributed by atoms with E-state index in [-0.39, 0.29) is 11.7 Å². The van der Waals surface area contributed by atoms with Crippen molar-refractivity contribution in [2.75, 3.05) is 28.5 Å². The number of anilines is 2. The topological polar surface area (TPSA) is 75.7 Å². The van der Waals surface area contributed by atoms with Crippen LogP contribution in [0.4, 0.5) is 11.4 Å². The molecular formula is C19H21BrN2O4S. The summed E-state index contributed by atoms with van der Waals surface area (Å²) >= 11 is 3.41. The molecule has 1 fully saturated rings. The first-order chi connectivity index (χ1) is 13.0. The van der Waals surface area contributed by atoms with Crippen molar-refractivity contribution in [3.8, 4) is 5.75 Å². The Balaban J connectivity index is 1.50. The molecule has 0 saturated carbocycles. The van der Waals surface area contributed by atoms with E-state index in [9.17, 15) is 13.2 Å². The molecule has 0 unspecified atom stereocenters. The lowest BCUT2D eigenvalue weighted by atomic mass is 10.2. The van der Waals surface area contributed by atoms with Gasteiger partial charge in [-0.3, -0.25) is 9.10 Å². The van der Waals surface area contributed by atoms with Crippen LogP contribution in [0.3, 0.4) is 0 Å². The normalized spacial score (nSPS) is 15.5. The van der Waals surface area contributed by atoms with E-state index in [2.05, 4.69) is 21.2 Å². The number of para-hydroxylation sites is 1. The lowest BCUT2D eigenvalue weighted by molar-refractivity contribution is -0.116. The highest BCUT2D eigenvalue weighted by molar-refractivity contribution is 9.10. The summed E-state index contributed by atoms with van der Waals surface area (Å²) in [7, 11) is -3.23. The molecule has 0 atom stereocenters. The third-order valence-corrected chi connectivity index (χ3v) is 6.68. The second kappa shape index (κ2) is 8.75. The van der Waals surface area contributed by atoms with Gasteiger partial charge in [-0.2, -0.15) is 0 Å². The molecule has 0 aromatic heterocycles. The first kappa shape index (κ1) is 19.7. The highest BCUT2D eigenvalue weighted by Crippen LogP contribution is 2.26. The summed E-state index contributed by atoms with van der Waals surface area (Å²) in [4.78, 5) is 12.1. The number of benzene rings is 2. The van der Waals surface area contributed by atoms with Crippen molar-refractivity contribution in [2.24, 2.45) is 0 Å². The minimum atomic E-state index is -3.23. The summed E-state index contributed by atoms with van der Waals surface area (Å²) in [5.41, 5.74) is 1.17. The summed E-state index contributed by atoms with van der Waals surface area (Å²) in [6.45, 7) is 0.911. The lowest BCUT2D eigenvalue weighted by Crippen LogP contribution is -2.25. The second-order valence-corrected chi connectivity index (χ2v) is 9.09. The largest absolute Gasteiger partial charge is 0.492 e. The zero-order chi connectivity index (χ0) is 19.3. The molecule has 2 aromatic carbocycles. The van der Waals surface area contributed by atoms with Crippen molar-refractivity contribution in [3.63, 3.8) is 0 Å². The Hall–Kier alpha value is -2.06. The van der Waals surface area contributed by atoms with E-state index in [1.54, 1.807) is 24.3 Å². The van der Waals surface area contributed by atoms with Crippen LogP contribution in [-0.2, 0) is 14.8 Å². The average Bonchev–Trinajstić information content (AvgIpc) is 2.99. The molecular weight excluding hydrogens is 432 g/mol. The summed E-state index contributed by atoms with van der Waals surface area (Å²) in [6, 6.07) is 14.5. The Morgan fingerprint density at radius 1 is 1.19 bits per heavy atom. The Labute approximate surface area is 167 Å². The predicted molar refractivity (Wildman–Crippen MR) is 110 cm³/mol. The molecule has 27 heavy (non-hydrogen) atoms. The van der Waals surface area contributed by atoms with E-state index in [1.807, 2.05) is 24.3 Å². The number of nitrogens with one attached hydrogen (secondary N) is 1. The first-order valence-corrected chi connectivity index (χ1v) is 11.1. The van der Waals surface area contributed by atoms with E-state index >= 15 is 0 Å². The van der Waals surface area contributed by atoms with E-state index in [0.717, 1.165) is 10.2 Å². The van der Waals surface area contributed by atoms with E-state index in [1.165, 1.54) is 4.31 Å². The SMILES string of the molecule is O=C(CCCOc1ccccc1Br)Nc1cccc(N2CCCS2(=O)=O)c1. The van der Waals surface area contributed by atoms with Crippen LogP contribution in [0.15, 0.2) is 53.0 Å². The van der Waals surface area contributed by atoms with Gasteiger partial charge in [-0.05, 0) is 59.1 Å². The Bertz CT molecular complexity index is 917. The van der Waals surface area contributed by atoms with E-state index in [4.69, 9.17) is 4.74 Å². The minimum absolute atomic E-state index is 0.132. The molecule has 0 spiro atoms. The second-order valence-electron chi connectivity index (χ2n) is 6.22. The molecule has 1 heterocycles. The van der Waals surface area contributed by atoms with E-state index < -0.39 is 10.0 Å². The van der Waals surface area contributed by atoms with Crippen LogP contribution in [0.5, 0.6) is 5.75 Å². The van der Waals surface area contributed by atoms with Gasteiger partial charge in [-0.15, -0.1) is 0 Å². The number of hydrogen-bond donors (Lipinski definition) is 1. The third kappa shape index (κ3) is 5.23. The van der Waals surface area contributed by atoms with Crippen molar-refractivity contribution in [3.05, 3.63) is 53.0 Å². The fraction of sp³-hybridized carbons (Fsp3) is 0.316. The molecule has 6 nitrogen and oxygen atoms in total. The molecule has 3 rings (SSSR count). The van der Waals surface area contributed by atoms with Crippen LogP contribution in [-0.4, -0.2) is 33.2 Å². The summed E-state index contributed by atoms with van der Waals surface area (Å²) in [5, 5.41) is 2.82. The fourth-order valence-corrected chi connectivity index (χ4v) is 4.82. The van der Waals surface area contributed by atoms with Gasteiger partial charge >= 0.3 is 0 Å². The van der Waals surface area contributed by atoms with Crippen LogP contribution >= 0.6 is 15.9 Å². The maximum Gasteiger partial charge on any atom is 0.235 e. The van der Waals surface area contributed by atoms with Crippen LogP contribution in [0.1, 0.15) is 19.3 Å². The van der Waals surface area contributed by atoms with Crippen molar-refractivity contribution in [1.82, 2.24) is 0 Å². The fourth-order valence-electron chi connectivity index (χ4n) is 2.87. The molecule has 0 bridgehead atoms. The summed E-state index contributed by atoms with van der Waals surface area (Å²) < 4.78 is 32.0. The maximum absolute atomic E-state index is 12.1. The maximum atomic E-state index is 12.1. The minimum Gasteiger partial charge on any atom is -0.492 e. The van der Waals surface area contributed by atoms with Crippen molar-refractivity contribution in [1.29, 1.82) is 0 Å². The average molecular weight is 453 g/mol. The van der Waals surface area contributed by atoms with Gasteiger partial charge in [0, 0.05) is 18.7 Å². The van der Waals surface area contributed by atoms with Gasteiger partial charge in [0.05, 0.1) is 22.5 Å². The summed E-state index contributed by atoms with van der Waals surface area (Å²) in [6.07, 6.45) is 1.51. The van der Waals surface area contributed by atoms with Gasteiger partial charge in [0.1, 0.15) is 5.75 Å². The number of carbonyl (C=O) groups is 1. The zero-order valence-electron chi connectivity index (χ0n) is 14.7. The standard InChI is InChI=1S/C19H21BrN2O4S/c20-17-8-1-2-9-18(17)26-12-4-10-19(23)21-15-6-3-7-16(14-15)22-11-5-13-27(22,24)25/h1-3,6-9,14H,4-5,10-13H2,(H,21,23). The van der Waals surface area contributed by atoms with Crippen LogP contribution in [0.25, 0.3) is 0 Å². The van der Waals surface area contributed by atoms with Gasteiger partial charge in [0.25, 0.3) is 0 Å². The Morgan fingerprint density at radius 3 is 2.74 bits per heavy atom. The molecule has 1 N–H and O–H groups in total. The quantitative estimate of drug-likeness (QED) is 0.648. The van der Waals surface area contributed by atoms with Crippen molar-refractivity contribution < 1.29 is 17.9 Å². The highest BCUT2D eigenvalue weighted by atomic mass is 79.9. The number of ether oxygens (including phenoxy) is 1. The molecule has 0 aliphatic carbocycles. The number of hydrogen-bond acceptors (Lipinski definition) is 4. The van der Waals surface area contributed by atoms with Gasteiger partial charge in [-0.1, -0.05) is 18.2 Å². The molecule has 8 heteroatoms. The van der Waals surface area contributed by atoms with Gasteiger partial charge in [0.15, 0.2) is 0 Å². The zero-order valence-corrected chi connectivity index (χ0v) is 17.1. The summed E-state index contributed by atoms with van der Waals surface area (Å²) in [5.74, 6) is 0.783. The molecule has 144 valence electrons. The van der Waals surface area contributed by atoms with Gasteiger partial charge < -0.3 is 10.1 Å². The van der Waals surface area contributed by atoms with Gasteiger partial charge in [-0.25, -0.2) is 8.42 Å². The van der Waals surface area contributed by atoms with Gasteiger partial charge in [0.2, 0.25) is 15.9 Å². The molecule has 2 aromatic rings. The number of nitrogens with zero attached hydrogens (tertiary/aromatic N) is 1. The third-order valence-electron chi connectivity index (χ3n) is 4.16. The number of rotatable bonds is 7. The molecule has 1 aliphatic rings. The Morgan fingerprint density at radius 2 is 2.00 bits per heavy atom. The smallest absolute Gasteiger partial charge is 0.235 e. The first-order valence-electron chi connectivity index (χ1n) is 8.73. The van der Waals surface area contributed by atoms with E-state index in [0.29, 0.717) is 43.8 Å². The van der Waals surface area contributed by atoms with Crippen LogP contribution < -0.4 is 14.4 Å². The Kier molecular flexibility index (Phi) is 6.38. The number of carbonyl (C=O) groups excluding carboxylic acids is 1. The van der Waals surface area contributed by atoms with Crippen molar-refractivity contribution >= 4 is 43.2 Å².